The van der Waals surface area contributed by atoms with Crippen LogP contribution in [0.15, 0.2) is 36.4 Å². The molecule has 36 heavy (non-hydrogen) atoms. The highest BCUT2D eigenvalue weighted by molar-refractivity contribution is 5.96. The van der Waals surface area contributed by atoms with Crippen LogP contribution in [0.3, 0.4) is 0 Å². The van der Waals surface area contributed by atoms with Crippen molar-refractivity contribution in [1.82, 2.24) is 15.7 Å². The summed E-state index contributed by atoms with van der Waals surface area (Å²) in [6.07, 6.45) is -1.47. The summed E-state index contributed by atoms with van der Waals surface area (Å²) in [7, 11) is 1.44. The average Bonchev–Trinajstić information content (AvgIpc) is 3.06. The number of benzene rings is 2. The molecular formula is C23H25F2N5O6. The third-order valence-corrected chi connectivity index (χ3v) is 5.76. The van der Waals surface area contributed by atoms with E-state index in [-0.39, 0.29) is 62.0 Å². The molecule has 0 aromatic heterocycles. The van der Waals surface area contributed by atoms with Crippen LogP contribution in [0.4, 0.5) is 29.7 Å². The number of carbonyl (C=O) groups excluding carboxylic acids is 3. The number of ether oxygens (including phenoxy) is 1. The Balaban J connectivity index is 1.44. The van der Waals surface area contributed by atoms with Gasteiger partial charge in [0.05, 0.1) is 37.5 Å². The number of anilines is 2. The van der Waals surface area contributed by atoms with Gasteiger partial charge in [0, 0.05) is 32.3 Å². The average molecular weight is 505 g/mol. The largest absolute Gasteiger partial charge is 0.507 e. The molecule has 2 saturated heterocycles. The molecule has 192 valence electrons. The molecule has 0 unspecified atom stereocenters. The van der Waals surface area contributed by atoms with E-state index >= 15 is 8.78 Å². The van der Waals surface area contributed by atoms with Crippen molar-refractivity contribution >= 4 is 29.4 Å². The summed E-state index contributed by atoms with van der Waals surface area (Å²) in [4.78, 5) is 44.2. The van der Waals surface area contributed by atoms with E-state index in [2.05, 4.69) is 10.6 Å². The van der Waals surface area contributed by atoms with E-state index in [0.29, 0.717) is 0 Å². The Morgan fingerprint density at radius 2 is 1.86 bits per heavy atom. The molecule has 13 heteroatoms. The number of nitrogens with zero attached hydrogens (tertiary/aromatic N) is 3. The highest BCUT2D eigenvalue weighted by atomic mass is 19.1. The van der Waals surface area contributed by atoms with Crippen molar-refractivity contribution in [3.05, 3.63) is 53.6 Å². The van der Waals surface area contributed by atoms with Crippen molar-refractivity contribution < 1.29 is 37.8 Å². The van der Waals surface area contributed by atoms with E-state index in [0.717, 1.165) is 22.1 Å². The molecule has 0 aliphatic carbocycles. The first-order valence-electron chi connectivity index (χ1n) is 11.2. The lowest BCUT2D eigenvalue weighted by Gasteiger charge is -2.24. The fourth-order valence-corrected chi connectivity index (χ4v) is 3.97. The van der Waals surface area contributed by atoms with Crippen LogP contribution in [0.1, 0.15) is 10.4 Å². The van der Waals surface area contributed by atoms with Crippen molar-refractivity contribution in [3.63, 3.8) is 0 Å². The first-order valence-corrected chi connectivity index (χ1v) is 11.2. The molecule has 2 aromatic rings. The zero-order valence-electron chi connectivity index (χ0n) is 19.4. The van der Waals surface area contributed by atoms with Crippen molar-refractivity contribution in [3.8, 4) is 5.75 Å². The van der Waals surface area contributed by atoms with E-state index in [9.17, 15) is 19.5 Å². The lowest BCUT2D eigenvalue weighted by molar-refractivity contribution is -0.111. The number of hydrogen-bond acceptors (Lipinski definition) is 7. The number of amides is 4. The van der Waals surface area contributed by atoms with Crippen molar-refractivity contribution in [2.45, 2.75) is 6.10 Å². The maximum absolute atomic E-state index is 15.1. The molecule has 2 heterocycles. The quantitative estimate of drug-likeness (QED) is 0.566. The van der Waals surface area contributed by atoms with Crippen LogP contribution in [-0.2, 0) is 9.57 Å². The molecule has 2 aliphatic rings. The number of para-hydroxylation sites is 1. The standard InChI is InChI=1S/C23H25F2N5O6/c1-26-22(33)27-12-15-13-29(23(34)36-15)14-10-17(24)20(18(25)11-14)28-6-7-30(35-9-8-28)21(32)16-4-2-3-5-19(16)31/h2-5,10-11,15,31H,6-9,12-13H2,1H3,(H2,26,27,33)/t15-/m0/s1. The summed E-state index contributed by atoms with van der Waals surface area (Å²) < 4.78 is 35.4. The topological polar surface area (TPSA) is 124 Å². The normalized spacial score (nSPS) is 18.0. The van der Waals surface area contributed by atoms with Crippen LogP contribution < -0.4 is 20.4 Å². The number of urea groups is 1. The number of hydrogen-bond donors (Lipinski definition) is 3. The smallest absolute Gasteiger partial charge is 0.414 e. The Morgan fingerprint density at radius 3 is 2.56 bits per heavy atom. The SMILES string of the molecule is CNC(=O)NC[C@H]1CN(c2cc(F)c(N3CCON(C(=O)c4ccccc4O)CC3)c(F)c2)C(=O)O1. The van der Waals surface area contributed by atoms with Gasteiger partial charge in [0.2, 0.25) is 0 Å². The van der Waals surface area contributed by atoms with E-state index in [1.54, 1.807) is 12.1 Å². The number of cyclic esters (lactones) is 1. The molecule has 0 spiro atoms. The summed E-state index contributed by atoms with van der Waals surface area (Å²) in [5.41, 5.74) is -0.290. The van der Waals surface area contributed by atoms with Crippen molar-refractivity contribution in [1.29, 1.82) is 0 Å². The first-order chi connectivity index (χ1) is 17.3. The molecule has 0 radical (unpaired) electrons. The number of aromatic hydroxyl groups is 1. The minimum absolute atomic E-state index is 0.00200. The summed E-state index contributed by atoms with van der Waals surface area (Å²) in [6.45, 7) is 0.156. The summed E-state index contributed by atoms with van der Waals surface area (Å²) in [6, 6.07) is 7.62. The van der Waals surface area contributed by atoms with Gasteiger partial charge in [-0.1, -0.05) is 12.1 Å². The number of phenolic OH excluding ortho intramolecular Hbond substituents is 1. The van der Waals surface area contributed by atoms with Crippen LogP contribution in [0.25, 0.3) is 0 Å². The maximum atomic E-state index is 15.1. The van der Waals surface area contributed by atoms with Gasteiger partial charge >= 0.3 is 12.1 Å². The molecule has 2 aliphatic heterocycles. The number of rotatable bonds is 5. The zero-order chi connectivity index (χ0) is 25.8. The monoisotopic (exact) mass is 505 g/mol. The maximum Gasteiger partial charge on any atom is 0.414 e. The number of nitrogens with one attached hydrogen (secondary N) is 2. The predicted octanol–water partition coefficient (Wildman–Crippen LogP) is 1.82. The molecular weight excluding hydrogens is 480 g/mol. The van der Waals surface area contributed by atoms with E-state index in [4.69, 9.17) is 9.57 Å². The van der Waals surface area contributed by atoms with Gasteiger partial charge < -0.3 is 25.4 Å². The highest BCUT2D eigenvalue weighted by Gasteiger charge is 2.34. The van der Waals surface area contributed by atoms with Gasteiger partial charge in [-0.15, -0.1) is 0 Å². The van der Waals surface area contributed by atoms with Crippen LogP contribution in [0.2, 0.25) is 0 Å². The zero-order valence-corrected chi connectivity index (χ0v) is 19.4. The fraction of sp³-hybridized carbons (Fsp3) is 0.348. The number of halogens is 2. The Bertz CT molecular complexity index is 1140. The van der Waals surface area contributed by atoms with E-state index < -0.39 is 35.8 Å². The molecule has 4 rings (SSSR count). The van der Waals surface area contributed by atoms with Gasteiger partial charge in [-0.3, -0.25) is 14.5 Å². The molecule has 0 saturated carbocycles. The predicted molar refractivity (Wildman–Crippen MR) is 124 cm³/mol. The van der Waals surface area contributed by atoms with Gasteiger partial charge in [0.25, 0.3) is 5.91 Å². The lowest BCUT2D eigenvalue weighted by Crippen LogP contribution is -2.39. The summed E-state index contributed by atoms with van der Waals surface area (Å²) in [5.74, 6) is -2.57. The number of phenols is 1. The molecule has 4 amide bonds. The number of carbonyl (C=O) groups is 3. The van der Waals surface area contributed by atoms with Crippen LogP contribution in [-0.4, -0.2) is 80.7 Å². The van der Waals surface area contributed by atoms with E-state index in [1.165, 1.54) is 24.1 Å². The van der Waals surface area contributed by atoms with Gasteiger partial charge in [0.15, 0.2) is 11.6 Å². The van der Waals surface area contributed by atoms with E-state index in [1.807, 2.05) is 0 Å². The van der Waals surface area contributed by atoms with Gasteiger partial charge in [0.1, 0.15) is 17.5 Å². The Hall–Kier alpha value is -4.13. The summed E-state index contributed by atoms with van der Waals surface area (Å²) >= 11 is 0. The van der Waals surface area contributed by atoms with Crippen LogP contribution >= 0.6 is 0 Å². The molecule has 2 fully saturated rings. The van der Waals surface area contributed by atoms with Gasteiger partial charge in [-0.2, -0.15) is 0 Å². The van der Waals surface area contributed by atoms with Crippen LogP contribution in [0.5, 0.6) is 5.75 Å². The highest BCUT2D eigenvalue weighted by Crippen LogP contribution is 2.31. The number of hydroxylamine groups is 2. The second-order valence-corrected chi connectivity index (χ2v) is 8.08. The molecule has 2 aromatic carbocycles. The Kier molecular flexibility index (Phi) is 7.38. The van der Waals surface area contributed by atoms with Crippen molar-refractivity contribution in [2.24, 2.45) is 0 Å². The van der Waals surface area contributed by atoms with Crippen molar-refractivity contribution in [2.75, 3.05) is 56.2 Å². The first kappa shape index (κ1) is 25.0. The third kappa shape index (κ3) is 5.25. The Labute approximate surface area is 205 Å². The fourth-order valence-electron chi connectivity index (χ4n) is 3.97. The molecule has 1 atom stereocenters. The Morgan fingerprint density at radius 1 is 1.14 bits per heavy atom. The molecule has 3 N–H and O–H groups in total. The minimum Gasteiger partial charge on any atom is -0.507 e. The lowest BCUT2D eigenvalue weighted by atomic mass is 10.2. The minimum atomic E-state index is -0.898. The third-order valence-electron chi connectivity index (χ3n) is 5.76. The van der Waals surface area contributed by atoms with Crippen LogP contribution in [0, 0.1) is 11.6 Å². The molecule has 11 nitrogen and oxygen atoms in total. The molecule has 0 bridgehead atoms. The van der Waals surface area contributed by atoms with Gasteiger partial charge in [-0.25, -0.2) is 23.4 Å². The summed E-state index contributed by atoms with van der Waals surface area (Å²) in [5, 5.41) is 15.9. The second kappa shape index (κ2) is 10.6. The van der Waals surface area contributed by atoms with Gasteiger partial charge in [-0.05, 0) is 12.1 Å². The second-order valence-electron chi connectivity index (χ2n) is 8.08.